The number of hydrogen-bond acceptors (Lipinski definition) is 7. The number of carbonyl (C=O) groups excluding carboxylic acids is 1. The predicted octanol–water partition coefficient (Wildman–Crippen LogP) is 6.04. The molecule has 0 spiro atoms. The summed E-state index contributed by atoms with van der Waals surface area (Å²) >= 11 is 9.24. The van der Waals surface area contributed by atoms with Gasteiger partial charge in [-0.05, 0) is 36.8 Å². The fourth-order valence-electron chi connectivity index (χ4n) is 3.35. The standard InChI is InChI=1S/C24H25ClN6OS2/c1-2-3-4-5-12-27-23(32)20-15-33-21(28-20)16-34-24-30-29-22(17-8-7-11-26-14-17)31(24)19-10-6-9-18(25)13-19/h6-11,13-15H,2-5,12,16H2,1H3,(H,27,32). The van der Waals surface area contributed by atoms with Crippen LogP contribution in [0.1, 0.15) is 48.1 Å². The van der Waals surface area contributed by atoms with Gasteiger partial charge in [-0.1, -0.05) is 55.6 Å². The van der Waals surface area contributed by atoms with Crippen LogP contribution in [0.2, 0.25) is 5.02 Å². The Hall–Kier alpha value is -2.75. The summed E-state index contributed by atoms with van der Waals surface area (Å²) < 4.78 is 1.96. The first-order valence-electron chi connectivity index (χ1n) is 11.1. The first-order valence-corrected chi connectivity index (χ1v) is 13.4. The highest BCUT2D eigenvalue weighted by atomic mass is 35.5. The molecule has 1 N–H and O–H groups in total. The highest BCUT2D eigenvalue weighted by Crippen LogP contribution is 2.31. The summed E-state index contributed by atoms with van der Waals surface area (Å²) in [6, 6.07) is 11.4. The maximum atomic E-state index is 12.4. The maximum absolute atomic E-state index is 12.4. The number of aromatic nitrogens is 5. The van der Waals surface area contributed by atoms with Gasteiger partial charge in [0.2, 0.25) is 0 Å². The Bertz CT molecular complexity index is 1230. The summed E-state index contributed by atoms with van der Waals surface area (Å²) in [5.74, 6) is 1.13. The van der Waals surface area contributed by atoms with Crippen LogP contribution in [-0.4, -0.2) is 37.2 Å². The average Bonchev–Trinajstić information content (AvgIpc) is 3.50. The van der Waals surface area contributed by atoms with E-state index in [9.17, 15) is 4.79 Å². The number of rotatable bonds is 11. The Morgan fingerprint density at radius 3 is 2.88 bits per heavy atom. The summed E-state index contributed by atoms with van der Waals surface area (Å²) in [5.41, 5.74) is 2.18. The van der Waals surface area contributed by atoms with E-state index >= 15 is 0 Å². The number of thioether (sulfide) groups is 1. The van der Waals surface area contributed by atoms with Crippen molar-refractivity contribution in [3.8, 4) is 17.1 Å². The molecule has 10 heteroatoms. The van der Waals surface area contributed by atoms with E-state index in [0.717, 1.165) is 29.1 Å². The molecule has 1 amide bonds. The summed E-state index contributed by atoms with van der Waals surface area (Å²) in [4.78, 5) is 21.1. The van der Waals surface area contributed by atoms with Crippen molar-refractivity contribution in [2.75, 3.05) is 6.54 Å². The average molecular weight is 513 g/mol. The SMILES string of the molecule is CCCCCCNC(=O)c1csc(CSc2nnc(-c3cccnc3)n2-c2cccc(Cl)c2)n1. The van der Waals surface area contributed by atoms with Gasteiger partial charge in [0.15, 0.2) is 11.0 Å². The van der Waals surface area contributed by atoms with E-state index in [-0.39, 0.29) is 5.91 Å². The molecule has 0 bridgehead atoms. The summed E-state index contributed by atoms with van der Waals surface area (Å²) in [6.07, 6.45) is 7.97. The number of thiazole rings is 1. The maximum Gasteiger partial charge on any atom is 0.270 e. The normalized spacial score (nSPS) is 11.0. The minimum absolute atomic E-state index is 0.120. The molecule has 0 aliphatic carbocycles. The van der Waals surface area contributed by atoms with Crippen LogP contribution in [0, 0.1) is 0 Å². The molecule has 4 rings (SSSR count). The van der Waals surface area contributed by atoms with Crippen LogP contribution in [0.25, 0.3) is 17.1 Å². The molecule has 3 aromatic heterocycles. The second kappa shape index (κ2) is 12.1. The van der Waals surface area contributed by atoms with Crippen molar-refractivity contribution in [1.82, 2.24) is 30.0 Å². The molecule has 0 unspecified atom stereocenters. The third-order valence-corrected chi connectivity index (χ3v) is 7.25. The lowest BCUT2D eigenvalue weighted by atomic mass is 10.2. The van der Waals surface area contributed by atoms with E-state index in [1.807, 2.05) is 41.0 Å². The number of carbonyl (C=O) groups is 1. The lowest BCUT2D eigenvalue weighted by molar-refractivity contribution is 0.0948. The van der Waals surface area contributed by atoms with Crippen molar-refractivity contribution in [2.24, 2.45) is 0 Å². The highest BCUT2D eigenvalue weighted by Gasteiger charge is 2.18. The molecule has 0 aliphatic rings. The second-order valence-electron chi connectivity index (χ2n) is 7.59. The zero-order valence-electron chi connectivity index (χ0n) is 18.8. The number of pyridine rings is 1. The molecular formula is C24H25ClN6OS2. The Morgan fingerprint density at radius 1 is 1.18 bits per heavy atom. The minimum Gasteiger partial charge on any atom is -0.351 e. The Labute approximate surface area is 212 Å². The van der Waals surface area contributed by atoms with Crippen molar-refractivity contribution in [2.45, 2.75) is 43.5 Å². The largest absolute Gasteiger partial charge is 0.351 e. The lowest BCUT2D eigenvalue weighted by Gasteiger charge is -2.10. The van der Waals surface area contributed by atoms with Gasteiger partial charge in [0, 0.05) is 34.9 Å². The van der Waals surface area contributed by atoms with Gasteiger partial charge >= 0.3 is 0 Å². The Kier molecular flexibility index (Phi) is 8.67. The van der Waals surface area contributed by atoms with Gasteiger partial charge in [0.05, 0.1) is 11.4 Å². The zero-order chi connectivity index (χ0) is 23.8. The van der Waals surface area contributed by atoms with E-state index in [4.69, 9.17) is 11.6 Å². The fraction of sp³-hybridized carbons (Fsp3) is 0.292. The van der Waals surface area contributed by atoms with Crippen LogP contribution < -0.4 is 5.32 Å². The van der Waals surface area contributed by atoms with Gasteiger partial charge in [-0.3, -0.25) is 14.3 Å². The van der Waals surface area contributed by atoms with Crippen LogP contribution in [-0.2, 0) is 5.75 Å². The van der Waals surface area contributed by atoms with Crippen molar-refractivity contribution < 1.29 is 4.79 Å². The van der Waals surface area contributed by atoms with E-state index < -0.39 is 0 Å². The first kappa shape index (κ1) is 24.4. The van der Waals surface area contributed by atoms with Crippen molar-refractivity contribution in [3.63, 3.8) is 0 Å². The summed E-state index contributed by atoms with van der Waals surface area (Å²) in [6.45, 7) is 2.85. The molecule has 34 heavy (non-hydrogen) atoms. The molecular weight excluding hydrogens is 488 g/mol. The van der Waals surface area contributed by atoms with E-state index in [2.05, 4.69) is 32.4 Å². The van der Waals surface area contributed by atoms with Gasteiger partial charge in [0.25, 0.3) is 5.91 Å². The number of nitrogens with one attached hydrogen (secondary N) is 1. The Balaban J connectivity index is 1.48. The van der Waals surface area contributed by atoms with Crippen LogP contribution in [0.3, 0.4) is 0 Å². The van der Waals surface area contributed by atoms with Crippen LogP contribution in [0.15, 0.2) is 59.3 Å². The Morgan fingerprint density at radius 2 is 2.09 bits per heavy atom. The predicted molar refractivity (Wildman–Crippen MR) is 138 cm³/mol. The number of halogens is 1. The molecule has 0 atom stereocenters. The van der Waals surface area contributed by atoms with Gasteiger partial charge < -0.3 is 5.32 Å². The fourth-order valence-corrected chi connectivity index (χ4v) is 5.27. The van der Waals surface area contributed by atoms with Gasteiger partial charge in [-0.15, -0.1) is 21.5 Å². The van der Waals surface area contributed by atoms with Crippen molar-refractivity contribution >= 4 is 40.6 Å². The van der Waals surface area contributed by atoms with Crippen LogP contribution >= 0.6 is 34.7 Å². The number of unbranched alkanes of at least 4 members (excludes halogenated alkanes) is 3. The number of hydrogen-bond donors (Lipinski definition) is 1. The topological polar surface area (TPSA) is 85.6 Å². The first-order chi connectivity index (χ1) is 16.7. The molecule has 0 saturated heterocycles. The van der Waals surface area contributed by atoms with Gasteiger partial charge in [-0.2, -0.15) is 0 Å². The highest BCUT2D eigenvalue weighted by molar-refractivity contribution is 7.98. The summed E-state index contributed by atoms with van der Waals surface area (Å²) in [5, 5.41) is 15.8. The molecule has 176 valence electrons. The number of nitrogens with zero attached hydrogens (tertiary/aromatic N) is 5. The molecule has 3 heterocycles. The molecule has 0 aliphatic heterocycles. The van der Waals surface area contributed by atoms with Crippen LogP contribution in [0.4, 0.5) is 0 Å². The van der Waals surface area contributed by atoms with Gasteiger partial charge in [0.1, 0.15) is 10.7 Å². The number of amides is 1. The second-order valence-corrected chi connectivity index (χ2v) is 9.92. The van der Waals surface area contributed by atoms with E-state index in [1.54, 1.807) is 17.8 Å². The van der Waals surface area contributed by atoms with Crippen LogP contribution in [0.5, 0.6) is 0 Å². The molecule has 1 aromatic carbocycles. The van der Waals surface area contributed by atoms with E-state index in [1.165, 1.54) is 35.9 Å². The molecule has 4 aromatic rings. The summed E-state index contributed by atoms with van der Waals surface area (Å²) in [7, 11) is 0. The number of benzene rings is 1. The van der Waals surface area contributed by atoms with Crippen molar-refractivity contribution in [3.05, 3.63) is 69.9 Å². The quantitative estimate of drug-likeness (QED) is 0.195. The molecule has 0 radical (unpaired) electrons. The lowest BCUT2D eigenvalue weighted by Crippen LogP contribution is -2.24. The monoisotopic (exact) mass is 512 g/mol. The molecule has 7 nitrogen and oxygen atoms in total. The zero-order valence-corrected chi connectivity index (χ0v) is 21.2. The molecule has 0 saturated carbocycles. The third kappa shape index (κ3) is 6.22. The van der Waals surface area contributed by atoms with E-state index in [0.29, 0.717) is 34.0 Å². The van der Waals surface area contributed by atoms with Crippen molar-refractivity contribution in [1.29, 1.82) is 0 Å². The third-order valence-electron chi connectivity index (χ3n) is 5.04. The molecule has 0 fully saturated rings. The minimum atomic E-state index is -0.120. The van der Waals surface area contributed by atoms with Gasteiger partial charge in [-0.25, -0.2) is 4.98 Å². The smallest absolute Gasteiger partial charge is 0.270 e.